The lowest BCUT2D eigenvalue weighted by molar-refractivity contribution is -0.274. The highest BCUT2D eigenvalue weighted by Gasteiger charge is 2.43. The van der Waals surface area contributed by atoms with Crippen LogP contribution in [0, 0.1) is 0 Å². The van der Waals surface area contributed by atoms with Gasteiger partial charge in [0.15, 0.2) is 0 Å². The zero-order valence-corrected chi connectivity index (χ0v) is 19.4. The predicted molar refractivity (Wildman–Crippen MR) is 123 cm³/mol. The van der Waals surface area contributed by atoms with E-state index in [1.807, 2.05) is 0 Å². The summed E-state index contributed by atoms with van der Waals surface area (Å²) >= 11 is 0. The molecule has 4 rings (SSSR count). The third kappa shape index (κ3) is 5.63. The Morgan fingerprint density at radius 1 is 1.03 bits per heavy atom. The van der Waals surface area contributed by atoms with Gasteiger partial charge in [0.1, 0.15) is 11.4 Å². The molecule has 0 bridgehead atoms. The molecule has 2 aromatic carbocycles. The van der Waals surface area contributed by atoms with Crippen LogP contribution >= 0.6 is 0 Å². The van der Waals surface area contributed by atoms with Gasteiger partial charge in [0, 0.05) is 38.0 Å². The van der Waals surface area contributed by atoms with Gasteiger partial charge in [-0.2, -0.15) is 0 Å². The van der Waals surface area contributed by atoms with Crippen molar-refractivity contribution in [3.63, 3.8) is 0 Å². The molecule has 0 aromatic heterocycles. The minimum atomic E-state index is -4.75. The number of nitrogens with one attached hydrogen (secondary N) is 1. The molecular weight excluding hydrogens is 447 g/mol. The van der Waals surface area contributed by atoms with Gasteiger partial charge < -0.3 is 19.8 Å². The minimum absolute atomic E-state index is 0.0834. The number of anilines is 1. The number of ether oxygens (including phenoxy) is 1. The molecule has 0 aliphatic carbocycles. The molecule has 0 unspecified atom stereocenters. The van der Waals surface area contributed by atoms with Gasteiger partial charge in [-0.3, -0.25) is 0 Å². The van der Waals surface area contributed by atoms with E-state index >= 15 is 0 Å². The molecule has 9 heteroatoms. The average Bonchev–Trinajstić information content (AvgIpc) is 3.17. The first-order chi connectivity index (χ1) is 15.9. The fourth-order valence-electron chi connectivity index (χ4n) is 4.17. The fourth-order valence-corrected chi connectivity index (χ4v) is 4.17. The van der Waals surface area contributed by atoms with Gasteiger partial charge in [-0.25, -0.2) is 4.79 Å². The van der Waals surface area contributed by atoms with Gasteiger partial charge in [-0.05, 0) is 40.8 Å². The van der Waals surface area contributed by atoms with Crippen LogP contribution < -0.4 is 10.1 Å². The first-order valence-corrected chi connectivity index (χ1v) is 11.2. The summed E-state index contributed by atoms with van der Waals surface area (Å²) in [7, 11) is 0. The highest BCUT2D eigenvalue weighted by Crippen LogP contribution is 2.36. The molecule has 2 aliphatic rings. The van der Waals surface area contributed by atoms with Crippen molar-refractivity contribution in [2.45, 2.75) is 57.4 Å². The molecule has 2 aromatic rings. The first kappa shape index (κ1) is 23.9. The van der Waals surface area contributed by atoms with Crippen molar-refractivity contribution in [2.75, 3.05) is 18.4 Å². The Hall–Kier alpha value is -3.23. The van der Waals surface area contributed by atoms with E-state index in [0.29, 0.717) is 38.0 Å². The summed E-state index contributed by atoms with van der Waals surface area (Å²) in [6, 6.07) is 13.2. The van der Waals surface area contributed by atoms with Gasteiger partial charge in [0.2, 0.25) is 0 Å². The summed E-state index contributed by atoms with van der Waals surface area (Å²) in [5.41, 5.74) is 3.28. The first-order valence-electron chi connectivity index (χ1n) is 11.2. The molecule has 1 spiro atoms. The molecule has 1 N–H and O–H groups in total. The van der Waals surface area contributed by atoms with E-state index in [1.165, 1.54) is 17.7 Å². The van der Waals surface area contributed by atoms with Crippen LogP contribution in [0.4, 0.5) is 23.7 Å². The average molecular weight is 476 g/mol. The van der Waals surface area contributed by atoms with Crippen LogP contribution in [0.25, 0.3) is 0 Å². The summed E-state index contributed by atoms with van der Waals surface area (Å²) in [5, 5.41) is 7.06. The molecule has 2 heterocycles. The highest BCUT2D eigenvalue weighted by atomic mass is 19.4. The summed E-state index contributed by atoms with van der Waals surface area (Å²) in [5.74, 6) is -0.340. The van der Waals surface area contributed by atoms with E-state index in [9.17, 15) is 18.0 Å². The largest absolute Gasteiger partial charge is 0.573 e. The number of carbonyl (C=O) groups is 1. The van der Waals surface area contributed by atoms with Gasteiger partial charge in [0.25, 0.3) is 0 Å². The van der Waals surface area contributed by atoms with Crippen molar-refractivity contribution < 1.29 is 27.5 Å². The lowest BCUT2D eigenvalue weighted by Crippen LogP contribution is -2.48. The maximum atomic E-state index is 12.6. The summed E-state index contributed by atoms with van der Waals surface area (Å²) in [6.07, 6.45) is -2.77. The maximum absolute atomic E-state index is 12.6. The summed E-state index contributed by atoms with van der Waals surface area (Å²) < 4.78 is 40.7. The van der Waals surface area contributed by atoms with Crippen molar-refractivity contribution >= 4 is 17.4 Å². The zero-order valence-electron chi connectivity index (χ0n) is 19.4. The van der Waals surface area contributed by atoms with Crippen LogP contribution in [0.2, 0.25) is 0 Å². The van der Waals surface area contributed by atoms with Crippen molar-refractivity contribution in [2.24, 2.45) is 5.16 Å². The minimum Gasteiger partial charge on any atom is -0.406 e. The molecule has 34 heavy (non-hydrogen) atoms. The van der Waals surface area contributed by atoms with Crippen LogP contribution in [-0.2, 0) is 10.3 Å². The lowest BCUT2D eigenvalue weighted by Gasteiger charge is -2.37. The molecule has 2 amide bonds. The number of benzene rings is 2. The summed E-state index contributed by atoms with van der Waals surface area (Å²) in [4.78, 5) is 20.2. The Morgan fingerprint density at radius 3 is 2.21 bits per heavy atom. The number of oxime groups is 1. The number of likely N-dealkylation sites (tertiary alicyclic amines) is 1. The van der Waals surface area contributed by atoms with Crippen molar-refractivity contribution in [1.82, 2.24) is 4.90 Å². The molecular formula is C25H28F3N3O3. The Balaban J connectivity index is 1.29. The molecule has 1 fully saturated rings. The Morgan fingerprint density at radius 2 is 1.65 bits per heavy atom. The second-order valence-electron chi connectivity index (χ2n) is 9.81. The molecule has 0 atom stereocenters. The number of carbonyl (C=O) groups excluding carboxylic acids is 1. The predicted octanol–water partition coefficient (Wildman–Crippen LogP) is 6.07. The molecule has 1 saturated heterocycles. The highest BCUT2D eigenvalue weighted by molar-refractivity contribution is 6.01. The number of alkyl halides is 3. The third-order valence-corrected chi connectivity index (χ3v) is 6.22. The van der Waals surface area contributed by atoms with Crippen molar-refractivity contribution in [3.8, 4) is 5.75 Å². The number of hydrogen-bond acceptors (Lipinski definition) is 4. The van der Waals surface area contributed by atoms with E-state index in [2.05, 4.69) is 60.2 Å². The second-order valence-corrected chi connectivity index (χ2v) is 9.81. The maximum Gasteiger partial charge on any atom is 0.573 e. The Labute approximate surface area is 196 Å². The number of amides is 2. The van der Waals surface area contributed by atoms with Gasteiger partial charge in [-0.15, -0.1) is 13.2 Å². The zero-order chi connectivity index (χ0) is 24.6. The van der Waals surface area contributed by atoms with E-state index in [-0.39, 0.29) is 17.2 Å². The quantitative estimate of drug-likeness (QED) is 0.586. The smallest absolute Gasteiger partial charge is 0.406 e. The third-order valence-electron chi connectivity index (χ3n) is 6.22. The standard InChI is InChI=1S/C25H28F3N3O3/c1-23(2,3)18-6-4-17(5-7-18)21-16-24(34-30-21)12-14-31(15-13-24)22(32)29-19-8-10-20(11-9-19)33-25(26,27)28/h4-11H,12-16H2,1-3H3,(H,29,32). The van der Waals surface area contributed by atoms with Gasteiger partial charge in [0.05, 0.1) is 5.71 Å². The SMILES string of the molecule is CC(C)(C)c1ccc(C2=NOC3(CCN(C(=O)Nc4ccc(OC(F)(F)F)cc4)CC3)C2)cc1. The number of rotatable bonds is 3. The Bertz CT molecular complexity index is 1050. The number of urea groups is 1. The van der Waals surface area contributed by atoms with Crippen LogP contribution in [0.15, 0.2) is 53.7 Å². The molecule has 0 saturated carbocycles. The monoisotopic (exact) mass is 475 g/mol. The van der Waals surface area contributed by atoms with Crippen LogP contribution in [0.3, 0.4) is 0 Å². The number of halogens is 3. The topological polar surface area (TPSA) is 63.2 Å². The normalized spacial score (nSPS) is 17.8. The molecule has 2 aliphatic heterocycles. The molecule has 0 radical (unpaired) electrons. The van der Waals surface area contributed by atoms with E-state index in [0.717, 1.165) is 23.4 Å². The Kier molecular flexibility index (Phi) is 6.22. The van der Waals surface area contributed by atoms with Crippen LogP contribution in [0.1, 0.15) is 51.2 Å². The van der Waals surface area contributed by atoms with E-state index < -0.39 is 12.0 Å². The van der Waals surface area contributed by atoms with Crippen molar-refractivity contribution in [3.05, 3.63) is 59.7 Å². The fraction of sp³-hybridized carbons (Fsp3) is 0.440. The van der Waals surface area contributed by atoms with E-state index in [4.69, 9.17) is 4.84 Å². The van der Waals surface area contributed by atoms with Gasteiger partial charge in [-0.1, -0.05) is 50.2 Å². The van der Waals surface area contributed by atoms with Crippen molar-refractivity contribution in [1.29, 1.82) is 0 Å². The number of nitrogens with zero attached hydrogens (tertiary/aromatic N) is 2. The van der Waals surface area contributed by atoms with E-state index in [1.54, 1.807) is 4.90 Å². The van der Waals surface area contributed by atoms with Crippen LogP contribution in [-0.4, -0.2) is 41.7 Å². The number of hydrogen-bond donors (Lipinski definition) is 1. The molecule has 6 nitrogen and oxygen atoms in total. The van der Waals surface area contributed by atoms with Gasteiger partial charge >= 0.3 is 12.4 Å². The summed E-state index contributed by atoms with van der Waals surface area (Å²) in [6.45, 7) is 7.51. The lowest BCUT2D eigenvalue weighted by atomic mass is 9.84. The number of piperidine rings is 1. The second kappa shape index (κ2) is 8.85. The molecule has 182 valence electrons. The van der Waals surface area contributed by atoms with Crippen LogP contribution in [0.5, 0.6) is 5.75 Å².